The summed E-state index contributed by atoms with van der Waals surface area (Å²) in [5.41, 5.74) is 2.59. The molecule has 0 aliphatic carbocycles. The highest BCUT2D eigenvalue weighted by Crippen LogP contribution is 2.30. The number of pyridine rings is 1. The molecule has 0 radical (unpaired) electrons. The summed E-state index contributed by atoms with van der Waals surface area (Å²) in [7, 11) is 0. The van der Waals surface area contributed by atoms with E-state index in [1.165, 1.54) is 0 Å². The first kappa shape index (κ1) is 11.3. The van der Waals surface area contributed by atoms with Gasteiger partial charge in [0.05, 0.1) is 23.8 Å². The Bertz CT molecular complexity index is 735. The van der Waals surface area contributed by atoms with Gasteiger partial charge in [-0.25, -0.2) is 4.98 Å². The van der Waals surface area contributed by atoms with Crippen LogP contribution >= 0.6 is 0 Å². The van der Waals surface area contributed by atoms with Gasteiger partial charge in [-0.15, -0.1) is 0 Å². The van der Waals surface area contributed by atoms with Gasteiger partial charge in [0.2, 0.25) is 0 Å². The minimum Gasteiger partial charge on any atom is -0.464 e. The minimum atomic E-state index is 0.519. The van der Waals surface area contributed by atoms with Gasteiger partial charge in [0.25, 0.3) is 0 Å². The molecule has 4 nitrogen and oxygen atoms in total. The fraction of sp³-hybridized carbons (Fsp3) is 0.0667. The lowest BCUT2D eigenvalue weighted by Gasteiger charge is -2.06. The number of nitrogens with zero attached hydrogens (tertiary/aromatic N) is 2. The lowest BCUT2D eigenvalue weighted by molar-refractivity contribution is 0.578. The third kappa shape index (κ3) is 1.91. The number of hydrogen-bond acceptors (Lipinski definition) is 4. The van der Waals surface area contributed by atoms with E-state index in [9.17, 15) is 5.26 Å². The first-order valence-electron chi connectivity index (χ1n) is 5.79. The van der Waals surface area contributed by atoms with Crippen molar-refractivity contribution >= 4 is 0 Å². The van der Waals surface area contributed by atoms with Gasteiger partial charge in [0.15, 0.2) is 5.76 Å². The number of nitriles is 1. The number of aryl methyl sites for hydroxylation is 1. The highest BCUT2D eigenvalue weighted by atomic mass is 16.3. The van der Waals surface area contributed by atoms with Crippen LogP contribution in [0.15, 0.2) is 51.7 Å². The van der Waals surface area contributed by atoms with Crippen LogP contribution in [0.4, 0.5) is 0 Å². The van der Waals surface area contributed by atoms with Crippen LogP contribution < -0.4 is 0 Å². The second-order valence-electron chi connectivity index (χ2n) is 4.08. The molecular formula is C15H10N2O2. The number of hydrogen-bond donors (Lipinski definition) is 0. The van der Waals surface area contributed by atoms with Crippen LogP contribution in [0.1, 0.15) is 11.3 Å². The third-order valence-electron chi connectivity index (χ3n) is 2.87. The van der Waals surface area contributed by atoms with Crippen molar-refractivity contribution in [2.45, 2.75) is 6.92 Å². The van der Waals surface area contributed by atoms with Crippen molar-refractivity contribution in [2.75, 3.05) is 0 Å². The smallest absolute Gasteiger partial charge is 0.152 e. The van der Waals surface area contributed by atoms with Crippen molar-refractivity contribution in [3.05, 3.63) is 54.1 Å². The van der Waals surface area contributed by atoms with Crippen molar-refractivity contribution in [3.63, 3.8) is 0 Å². The summed E-state index contributed by atoms with van der Waals surface area (Å²) in [5.74, 6) is 1.32. The summed E-state index contributed by atoms with van der Waals surface area (Å²) < 4.78 is 10.7. The van der Waals surface area contributed by atoms with Crippen molar-refractivity contribution in [3.8, 4) is 28.8 Å². The fourth-order valence-corrected chi connectivity index (χ4v) is 1.99. The van der Waals surface area contributed by atoms with E-state index in [0.29, 0.717) is 28.5 Å². The molecule has 0 spiro atoms. The maximum Gasteiger partial charge on any atom is 0.152 e. The van der Waals surface area contributed by atoms with Gasteiger partial charge in [-0.2, -0.15) is 5.26 Å². The number of aromatic nitrogens is 1. The van der Waals surface area contributed by atoms with E-state index in [1.807, 2.05) is 18.2 Å². The van der Waals surface area contributed by atoms with Crippen LogP contribution in [0.5, 0.6) is 0 Å². The van der Waals surface area contributed by atoms with E-state index in [1.54, 1.807) is 31.6 Å². The van der Waals surface area contributed by atoms with Crippen molar-refractivity contribution < 1.29 is 8.83 Å². The molecule has 0 aliphatic heterocycles. The van der Waals surface area contributed by atoms with Crippen LogP contribution in [0.3, 0.4) is 0 Å². The molecular weight excluding hydrogens is 240 g/mol. The van der Waals surface area contributed by atoms with Gasteiger partial charge < -0.3 is 8.83 Å². The summed E-state index contributed by atoms with van der Waals surface area (Å²) in [5, 5.41) is 9.26. The van der Waals surface area contributed by atoms with Crippen LogP contribution in [-0.4, -0.2) is 4.98 Å². The number of furan rings is 2. The van der Waals surface area contributed by atoms with E-state index >= 15 is 0 Å². The quantitative estimate of drug-likeness (QED) is 0.694. The van der Waals surface area contributed by atoms with Gasteiger partial charge >= 0.3 is 0 Å². The summed E-state index contributed by atoms with van der Waals surface area (Å²) in [6.45, 7) is 1.80. The van der Waals surface area contributed by atoms with E-state index in [0.717, 1.165) is 5.56 Å². The number of rotatable bonds is 2. The van der Waals surface area contributed by atoms with E-state index < -0.39 is 0 Å². The van der Waals surface area contributed by atoms with E-state index in [4.69, 9.17) is 8.83 Å². The first-order valence-corrected chi connectivity index (χ1v) is 5.79. The van der Waals surface area contributed by atoms with Crippen LogP contribution in [0.2, 0.25) is 0 Å². The van der Waals surface area contributed by atoms with Gasteiger partial charge in [-0.1, -0.05) is 0 Å². The molecule has 0 saturated carbocycles. The van der Waals surface area contributed by atoms with Crippen molar-refractivity contribution in [2.24, 2.45) is 0 Å². The predicted molar refractivity (Wildman–Crippen MR) is 69.1 cm³/mol. The summed E-state index contributed by atoms with van der Waals surface area (Å²) in [6, 6.07) is 11.2. The zero-order chi connectivity index (χ0) is 13.2. The van der Waals surface area contributed by atoms with Crippen LogP contribution in [0.25, 0.3) is 22.8 Å². The summed E-state index contributed by atoms with van der Waals surface area (Å²) >= 11 is 0. The predicted octanol–water partition coefficient (Wildman–Crippen LogP) is 3.78. The topological polar surface area (TPSA) is 63.0 Å². The third-order valence-corrected chi connectivity index (χ3v) is 2.87. The van der Waals surface area contributed by atoms with E-state index in [2.05, 4.69) is 11.1 Å². The molecule has 0 bridgehead atoms. The van der Waals surface area contributed by atoms with Crippen molar-refractivity contribution in [1.29, 1.82) is 5.26 Å². The Morgan fingerprint density at radius 3 is 2.37 bits per heavy atom. The molecule has 3 heterocycles. The summed E-state index contributed by atoms with van der Waals surface area (Å²) in [4.78, 5) is 4.40. The Balaban J connectivity index is 2.25. The Hall–Kier alpha value is -2.80. The molecule has 3 aromatic heterocycles. The van der Waals surface area contributed by atoms with Gasteiger partial charge in [0.1, 0.15) is 17.5 Å². The average Bonchev–Trinajstić information content (AvgIpc) is 3.11. The molecule has 0 amide bonds. The average molecular weight is 250 g/mol. The molecule has 3 aromatic rings. The molecule has 0 aliphatic rings. The Kier molecular flexibility index (Phi) is 2.66. The first-order chi connectivity index (χ1) is 9.29. The second kappa shape index (κ2) is 4.46. The molecule has 3 rings (SSSR count). The summed E-state index contributed by atoms with van der Waals surface area (Å²) in [6.07, 6.45) is 3.18. The van der Waals surface area contributed by atoms with Gasteiger partial charge in [-0.05, 0) is 37.3 Å². The highest BCUT2D eigenvalue weighted by Gasteiger charge is 2.15. The van der Waals surface area contributed by atoms with Crippen molar-refractivity contribution in [1.82, 2.24) is 4.98 Å². The molecule has 0 saturated heterocycles. The fourth-order valence-electron chi connectivity index (χ4n) is 1.99. The molecule has 0 unspecified atom stereocenters. The normalized spacial score (nSPS) is 10.3. The molecule has 92 valence electrons. The lowest BCUT2D eigenvalue weighted by Crippen LogP contribution is -1.94. The molecule has 0 N–H and O–H groups in total. The maximum atomic E-state index is 9.26. The Morgan fingerprint density at radius 1 is 1.11 bits per heavy atom. The minimum absolute atomic E-state index is 0.519. The van der Waals surface area contributed by atoms with Crippen LogP contribution in [-0.2, 0) is 0 Å². The Labute approximate surface area is 109 Å². The molecule has 0 aromatic carbocycles. The molecule has 19 heavy (non-hydrogen) atoms. The maximum absolute atomic E-state index is 9.26. The standard InChI is InChI=1S/C15H10N2O2/c1-10-12(9-16)11(14-4-2-6-18-14)8-13(17-10)15-5-3-7-19-15/h2-8H,1H3. The largest absolute Gasteiger partial charge is 0.464 e. The molecule has 0 fully saturated rings. The SMILES string of the molecule is Cc1nc(-c2ccco2)cc(-c2ccco2)c1C#N. The molecule has 4 heteroatoms. The van der Waals surface area contributed by atoms with Gasteiger partial charge in [-0.3, -0.25) is 0 Å². The monoisotopic (exact) mass is 250 g/mol. The Morgan fingerprint density at radius 2 is 1.79 bits per heavy atom. The molecule has 0 atom stereocenters. The van der Waals surface area contributed by atoms with E-state index in [-0.39, 0.29) is 0 Å². The zero-order valence-corrected chi connectivity index (χ0v) is 10.3. The lowest BCUT2D eigenvalue weighted by atomic mass is 10.0. The highest BCUT2D eigenvalue weighted by molar-refractivity contribution is 5.72. The second-order valence-corrected chi connectivity index (χ2v) is 4.08. The van der Waals surface area contributed by atoms with Crippen LogP contribution in [0, 0.1) is 18.3 Å². The van der Waals surface area contributed by atoms with Gasteiger partial charge in [0, 0.05) is 5.56 Å². The zero-order valence-electron chi connectivity index (χ0n) is 10.3.